The van der Waals surface area contributed by atoms with Crippen molar-refractivity contribution in [1.82, 2.24) is 9.78 Å². The van der Waals surface area contributed by atoms with Gasteiger partial charge in [0, 0.05) is 22.9 Å². The van der Waals surface area contributed by atoms with E-state index >= 15 is 0 Å². The molecule has 28 heavy (non-hydrogen) atoms. The maximum Gasteiger partial charge on any atom is 0.226 e. The van der Waals surface area contributed by atoms with Crippen molar-refractivity contribution in [2.24, 2.45) is 0 Å². The molecule has 5 nitrogen and oxygen atoms in total. The highest BCUT2D eigenvalue weighted by Crippen LogP contribution is 2.38. The Bertz CT molecular complexity index is 982. The first-order valence-electron chi connectivity index (χ1n) is 9.52. The number of aromatic nitrogens is 2. The van der Waals surface area contributed by atoms with E-state index in [2.05, 4.69) is 17.3 Å². The molecule has 1 atom stereocenters. The van der Waals surface area contributed by atoms with Crippen molar-refractivity contribution in [3.63, 3.8) is 0 Å². The second-order valence-electron chi connectivity index (χ2n) is 6.92. The minimum absolute atomic E-state index is 0.0236. The number of nitrogens with zero attached hydrogens (tertiary/aromatic N) is 2. The van der Waals surface area contributed by atoms with Gasteiger partial charge in [-0.1, -0.05) is 43.1 Å². The van der Waals surface area contributed by atoms with Crippen molar-refractivity contribution in [1.29, 1.82) is 0 Å². The van der Waals surface area contributed by atoms with Crippen molar-refractivity contribution in [2.75, 3.05) is 11.9 Å². The predicted octanol–water partition coefficient (Wildman–Crippen LogP) is 5.18. The number of anilines is 1. The second-order valence-corrected chi connectivity index (χ2v) is 7.35. The fourth-order valence-corrected chi connectivity index (χ4v) is 3.64. The van der Waals surface area contributed by atoms with E-state index in [0.717, 1.165) is 42.0 Å². The van der Waals surface area contributed by atoms with E-state index in [1.807, 2.05) is 54.7 Å². The Morgan fingerprint density at radius 2 is 2.07 bits per heavy atom. The Balaban J connectivity index is 1.63. The highest BCUT2D eigenvalue weighted by Gasteiger charge is 2.30. The van der Waals surface area contributed by atoms with Crippen molar-refractivity contribution < 1.29 is 9.53 Å². The number of unbranched alkanes of at least 4 members (excludes halogenated alkanes) is 1. The SMILES string of the molecule is CCCCOc1ccc([C@@H]2CC(=O)Nc3c2cnn3-c2cccc(Cl)c2)cc1. The van der Waals surface area contributed by atoms with Crippen LogP contribution in [0.4, 0.5) is 5.82 Å². The highest BCUT2D eigenvalue weighted by molar-refractivity contribution is 6.30. The monoisotopic (exact) mass is 395 g/mol. The topological polar surface area (TPSA) is 56.1 Å². The lowest BCUT2D eigenvalue weighted by Gasteiger charge is -2.24. The fraction of sp³-hybridized carbons (Fsp3) is 0.273. The van der Waals surface area contributed by atoms with E-state index in [9.17, 15) is 4.79 Å². The molecule has 6 heteroatoms. The molecule has 0 saturated carbocycles. The van der Waals surface area contributed by atoms with E-state index in [0.29, 0.717) is 17.3 Å². The summed E-state index contributed by atoms with van der Waals surface area (Å²) in [4.78, 5) is 12.4. The minimum atomic E-state index is -0.0404. The first-order valence-corrected chi connectivity index (χ1v) is 9.90. The standard InChI is InChI=1S/C22H22ClN3O2/c1-2-3-11-28-18-9-7-15(8-10-18)19-13-21(27)25-22-20(19)14-24-26(22)17-6-4-5-16(23)12-17/h4-10,12,14,19H,2-3,11,13H2,1H3,(H,25,27)/t19-/m0/s1. The number of nitrogens with one attached hydrogen (secondary N) is 1. The summed E-state index contributed by atoms with van der Waals surface area (Å²) in [7, 11) is 0. The van der Waals surface area contributed by atoms with E-state index in [1.54, 1.807) is 4.68 Å². The van der Waals surface area contributed by atoms with Gasteiger partial charge < -0.3 is 10.1 Å². The van der Waals surface area contributed by atoms with Gasteiger partial charge >= 0.3 is 0 Å². The average Bonchev–Trinajstić information content (AvgIpc) is 3.12. The zero-order valence-corrected chi connectivity index (χ0v) is 16.4. The zero-order valence-electron chi connectivity index (χ0n) is 15.7. The van der Waals surface area contributed by atoms with Gasteiger partial charge in [0.05, 0.1) is 18.5 Å². The molecular formula is C22H22ClN3O2. The van der Waals surface area contributed by atoms with Crippen LogP contribution in [-0.2, 0) is 4.79 Å². The number of ether oxygens (including phenoxy) is 1. The minimum Gasteiger partial charge on any atom is -0.494 e. The number of carbonyl (C=O) groups excluding carboxylic acids is 1. The summed E-state index contributed by atoms with van der Waals surface area (Å²) < 4.78 is 7.47. The summed E-state index contributed by atoms with van der Waals surface area (Å²) in [6.07, 6.45) is 4.36. The molecule has 0 unspecified atom stereocenters. The molecule has 2 heterocycles. The van der Waals surface area contributed by atoms with Gasteiger partial charge in [-0.2, -0.15) is 5.10 Å². The van der Waals surface area contributed by atoms with Crippen molar-refractivity contribution in [3.8, 4) is 11.4 Å². The molecule has 0 saturated heterocycles. The molecule has 1 N–H and O–H groups in total. The van der Waals surface area contributed by atoms with Crippen LogP contribution in [0.1, 0.15) is 43.2 Å². The van der Waals surface area contributed by atoms with E-state index in [-0.39, 0.29) is 11.8 Å². The lowest BCUT2D eigenvalue weighted by atomic mass is 9.87. The van der Waals surface area contributed by atoms with Crippen LogP contribution in [0.2, 0.25) is 5.02 Å². The molecule has 0 radical (unpaired) electrons. The summed E-state index contributed by atoms with van der Waals surface area (Å²) >= 11 is 6.12. The molecule has 2 aromatic carbocycles. The summed E-state index contributed by atoms with van der Waals surface area (Å²) in [5.41, 5.74) is 2.89. The molecule has 1 aliphatic rings. The normalized spacial score (nSPS) is 15.8. The number of rotatable bonds is 6. The third-order valence-electron chi connectivity index (χ3n) is 4.92. The molecule has 1 amide bonds. The van der Waals surface area contributed by atoms with Crippen molar-refractivity contribution >= 4 is 23.3 Å². The van der Waals surface area contributed by atoms with Gasteiger partial charge in [0.15, 0.2) is 0 Å². The van der Waals surface area contributed by atoms with Crippen LogP contribution in [0, 0.1) is 0 Å². The van der Waals surface area contributed by atoms with Gasteiger partial charge in [0.1, 0.15) is 11.6 Å². The average molecular weight is 396 g/mol. The van der Waals surface area contributed by atoms with Gasteiger partial charge in [-0.15, -0.1) is 0 Å². The lowest BCUT2D eigenvalue weighted by molar-refractivity contribution is -0.116. The first-order chi connectivity index (χ1) is 13.7. The third kappa shape index (κ3) is 3.76. The number of hydrogen-bond donors (Lipinski definition) is 1. The van der Waals surface area contributed by atoms with Crippen LogP contribution >= 0.6 is 11.6 Å². The Morgan fingerprint density at radius 3 is 2.82 bits per heavy atom. The summed E-state index contributed by atoms with van der Waals surface area (Å²) in [6.45, 7) is 2.86. The van der Waals surface area contributed by atoms with Gasteiger partial charge in [-0.25, -0.2) is 4.68 Å². The Hall–Kier alpha value is -2.79. The highest BCUT2D eigenvalue weighted by atomic mass is 35.5. The van der Waals surface area contributed by atoms with E-state index < -0.39 is 0 Å². The molecule has 0 spiro atoms. The second kappa shape index (κ2) is 8.07. The number of benzene rings is 2. The zero-order chi connectivity index (χ0) is 19.5. The van der Waals surface area contributed by atoms with Crippen LogP contribution in [0.3, 0.4) is 0 Å². The van der Waals surface area contributed by atoms with Gasteiger partial charge in [-0.3, -0.25) is 4.79 Å². The van der Waals surface area contributed by atoms with Gasteiger partial charge in [-0.05, 0) is 42.3 Å². The Labute approximate surface area is 169 Å². The van der Waals surface area contributed by atoms with Crippen LogP contribution in [0.5, 0.6) is 5.75 Å². The van der Waals surface area contributed by atoms with Crippen molar-refractivity contribution in [2.45, 2.75) is 32.1 Å². The molecule has 3 aromatic rings. The Morgan fingerprint density at radius 1 is 1.25 bits per heavy atom. The smallest absolute Gasteiger partial charge is 0.226 e. The molecule has 1 aromatic heterocycles. The maximum absolute atomic E-state index is 12.4. The maximum atomic E-state index is 12.4. The number of hydrogen-bond acceptors (Lipinski definition) is 3. The molecule has 144 valence electrons. The predicted molar refractivity (Wildman–Crippen MR) is 111 cm³/mol. The van der Waals surface area contributed by atoms with Gasteiger partial charge in [0.2, 0.25) is 5.91 Å². The largest absolute Gasteiger partial charge is 0.494 e. The number of amides is 1. The van der Waals surface area contributed by atoms with Crippen LogP contribution in [-0.4, -0.2) is 22.3 Å². The molecule has 0 fully saturated rings. The molecule has 0 bridgehead atoms. The molecule has 1 aliphatic heterocycles. The van der Waals surface area contributed by atoms with Crippen LogP contribution in [0.15, 0.2) is 54.7 Å². The number of fused-ring (bicyclic) bond motifs is 1. The van der Waals surface area contributed by atoms with Crippen molar-refractivity contribution in [3.05, 3.63) is 70.9 Å². The molecular weight excluding hydrogens is 374 g/mol. The van der Waals surface area contributed by atoms with E-state index in [1.165, 1.54) is 0 Å². The Kier molecular flexibility index (Phi) is 5.35. The number of halogens is 1. The molecule has 0 aliphatic carbocycles. The van der Waals surface area contributed by atoms with E-state index in [4.69, 9.17) is 16.3 Å². The summed E-state index contributed by atoms with van der Waals surface area (Å²) in [5, 5.41) is 8.10. The quantitative estimate of drug-likeness (QED) is 0.585. The van der Waals surface area contributed by atoms with Gasteiger partial charge in [0.25, 0.3) is 0 Å². The third-order valence-corrected chi connectivity index (χ3v) is 5.16. The summed E-state index contributed by atoms with van der Waals surface area (Å²) in [6, 6.07) is 15.4. The lowest BCUT2D eigenvalue weighted by Crippen LogP contribution is -2.24. The number of carbonyl (C=O) groups is 1. The molecule has 4 rings (SSSR count). The summed E-state index contributed by atoms with van der Waals surface area (Å²) in [5.74, 6) is 1.49. The fourth-order valence-electron chi connectivity index (χ4n) is 3.45. The first kappa shape index (κ1) is 18.6. The van der Waals surface area contributed by atoms with Crippen LogP contribution < -0.4 is 10.1 Å². The van der Waals surface area contributed by atoms with Crippen LogP contribution in [0.25, 0.3) is 5.69 Å².